The molecule has 1 fully saturated rings. The molecule has 3 rings (SSSR count). The first-order valence-electron chi connectivity index (χ1n) is 7.31. The first-order chi connectivity index (χ1) is 9.29. The molecule has 1 saturated heterocycles. The van der Waals surface area contributed by atoms with Gasteiger partial charge in [0.15, 0.2) is 0 Å². The van der Waals surface area contributed by atoms with E-state index in [4.69, 9.17) is 0 Å². The van der Waals surface area contributed by atoms with Crippen molar-refractivity contribution in [3.05, 3.63) is 35.4 Å². The van der Waals surface area contributed by atoms with Gasteiger partial charge in [0.25, 0.3) is 0 Å². The largest absolute Gasteiger partial charge is 0.338 e. The Morgan fingerprint density at radius 1 is 1.32 bits per heavy atom. The Morgan fingerprint density at radius 3 is 2.63 bits per heavy atom. The minimum absolute atomic E-state index is 0.176. The number of benzene rings is 1. The van der Waals surface area contributed by atoms with E-state index in [1.807, 2.05) is 7.05 Å². The SMILES string of the molecule is CNCC1CCCN1C(=O)C1Cc2ccccc2C1. The number of rotatable bonds is 3. The van der Waals surface area contributed by atoms with Crippen LogP contribution in [0.2, 0.25) is 0 Å². The van der Waals surface area contributed by atoms with Gasteiger partial charge in [-0.1, -0.05) is 24.3 Å². The summed E-state index contributed by atoms with van der Waals surface area (Å²) in [6.07, 6.45) is 4.15. The molecule has 0 bridgehead atoms. The second kappa shape index (κ2) is 5.33. The van der Waals surface area contributed by atoms with E-state index in [-0.39, 0.29) is 5.92 Å². The zero-order valence-corrected chi connectivity index (χ0v) is 11.6. The molecule has 1 aromatic rings. The molecule has 0 aromatic heterocycles. The Morgan fingerprint density at radius 2 is 2.00 bits per heavy atom. The molecule has 0 saturated carbocycles. The van der Waals surface area contributed by atoms with Crippen LogP contribution in [0, 0.1) is 5.92 Å². The van der Waals surface area contributed by atoms with Crippen molar-refractivity contribution in [1.82, 2.24) is 10.2 Å². The first kappa shape index (κ1) is 12.7. The quantitative estimate of drug-likeness (QED) is 0.893. The van der Waals surface area contributed by atoms with Crippen LogP contribution in [-0.2, 0) is 17.6 Å². The monoisotopic (exact) mass is 258 g/mol. The summed E-state index contributed by atoms with van der Waals surface area (Å²) in [6.45, 7) is 1.86. The molecule has 0 radical (unpaired) electrons. The molecule has 2 aliphatic rings. The lowest BCUT2D eigenvalue weighted by molar-refractivity contribution is -0.136. The van der Waals surface area contributed by atoms with Crippen molar-refractivity contribution in [2.45, 2.75) is 31.7 Å². The number of carbonyl (C=O) groups excluding carboxylic acids is 1. The van der Waals surface area contributed by atoms with Crippen molar-refractivity contribution in [3.8, 4) is 0 Å². The molecule has 1 amide bonds. The van der Waals surface area contributed by atoms with Crippen molar-refractivity contribution in [2.75, 3.05) is 20.1 Å². The lowest BCUT2D eigenvalue weighted by atomic mass is 10.0. The van der Waals surface area contributed by atoms with Gasteiger partial charge in [-0.2, -0.15) is 0 Å². The smallest absolute Gasteiger partial charge is 0.226 e. The van der Waals surface area contributed by atoms with Gasteiger partial charge >= 0.3 is 0 Å². The molecule has 1 aliphatic carbocycles. The highest BCUT2D eigenvalue weighted by Crippen LogP contribution is 2.30. The number of hydrogen-bond donors (Lipinski definition) is 1. The number of nitrogens with zero attached hydrogens (tertiary/aromatic N) is 1. The lowest BCUT2D eigenvalue weighted by Crippen LogP contribution is -2.43. The van der Waals surface area contributed by atoms with E-state index in [2.05, 4.69) is 34.5 Å². The number of nitrogens with one attached hydrogen (secondary N) is 1. The van der Waals surface area contributed by atoms with Gasteiger partial charge in [0.05, 0.1) is 0 Å². The zero-order chi connectivity index (χ0) is 13.2. The molecular formula is C16H22N2O. The second-order valence-electron chi connectivity index (χ2n) is 5.76. The van der Waals surface area contributed by atoms with Crippen LogP contribution in [0.25, 0.3) is 0 Å². The number of likely N-dealkylation sites (tertiary alicyclic amines) is 1. The molecule has 1 N–H and O–H groups in total. The third kappa shape index (κ3) is 2.39. The van der Waals surface area contributed by atoms with Crippen molar-refractivity contribution in [2.24, 2.45) is 5.92 Å². The summed E-state index contributed by atoms with van der Waals surface area (Å²) >= 11 is 0. The summed E-state index contributed by atoms with van der Waals surface area (Å²) in [5, 5.41) is 3.21. The Labute approximate surface area is 115 Å². The van der Waals surface area contributed by atoms with E-state index in [9.17, 15) is 4.79 Å². The summed E-state index contributed by atoms with van der Waals surface area (Å²) < 4.78 is 0. The van der Waals surface area contributed by atoms with Crippen LogP contribution in [0.5, 0.6) is 0 Å². The second-order valence-corrected chi connectivity index (χ2v) is 5.76. The fourth-order valence-electron chi connectivity index (χ4n) is 3.54. The van der Waals surface area contributed by atoms with Crippen LogP contribution in [0.4, 0.5) is 0 Å². The van der Waals surface area contributed by atoms with Crippen LogP contribution < -0.4 is 5.32 Å². The van der Waals surface area contributed by atoms with Gasteiger partial charge in [-0.3, -0.25) is 4.79 Å². The van der Waals surface area contributed by atoms with Gasteiger partial charge in [-0.25, -0.2) is 0 Å². The van der Waals surface area contributed by atoms with Crippen LogP contribution in [0.1, 0.15) is 24.0 Å². The van der Waals surface area contributed by atoms with Gasteiger partial charge in [0, 0.05) is 25.0 Å². The van der Waals surface area contributed by atoms with Crippen molar-refractivity contribution in [3.63, 3.8) is 0 Å². The van der Waals surface area contributed by atoms with Gasteiger partial charge in [-0.05, 0) is 43.9 Å². The fourth-order valence-corrected chi connectivity index (χ4v) is 3.54. The summed E-state index contributed by atoms with van der Waals surface area (Å²) in [5.41, 5.74) is 2.73. The first-order valence-corrected chi connectivity index (χ1v) is 7.31. The van der Waals surface area contributed by atoms with E-state index >= 15 is 0 Å². The molecule has 0 spiro atoms. The highest BCUT2D eigenvalue weighted by Gasteiger charge is 2.35. The van der Waals surface area contributed by atoms with E-state index in [1.165, 1.54) is 11.1 Å². The normalized spacial score (nSPS) is 22.8. The van der Waals surface area contributed by atoms with Gasteiger partial charge in [-0.15, -0.1) is 0 Å². The van der Waals surface area contributed by atoms with Crippen LogP contribution in [0.15, 0.2) is 24.3 Å². The molecule has 1 aromatic carbocycles. The highest BCUT2D eigenvalue weighted by atomic mass is 16.2. The Kier molecular flexibility index (Phi) is 3.56. The lowest BCUT2D eigenvalue weighted by Gasteiger charge is -2.27. The van der Waals surface area contributed by atoms with E-state index in [0.717, 1.165) is 38.8 Å². The molecule has 102 valence electrons. The Hall–Kier alpha value is -1.35. The topological polar surface area (TPSA) is 32.3 Å². The minimum Gasteiger partial charge on any atom is -0.338 e. The van der Waals surface area contributed by atoms with E-state index in [1.54, 1.807) is 0 Å². The van der Waals surface area contributed by atoms with E-state index < -0.39 is 0 Å². The average Bonchev–Trinajstić information content (AvgIpc) is 3.04. The molecule has 1 unspecified atom stereocenters. The van der Waals surface area contributed by atoms with Crippen molar-refractivity contribution in [1.29, 1.82) is 0 Å². The fraction of sp³-hybridized carbons (Fsp3) is 0.562. The van der Waals surface area contributed by atoms with Crippen LogP contribution >= 0.6 is 0 Å². The third-order valence-electron chi connectivity index (χ3n) is 4.50. The number of hydrogen-bond acceptors (Lipinski definition) is 2. The van der Waals surface area contributed by atoms with Crippen LogP contribution in [0.3, 0.4) is 0 Å². The highest BCUT2D eigenvalue weighted by molar-refractivity contribution is 5.81. The summed E-state index contributed by atoms with van der Waals surface area (Å²) in [5.74, 6) is 0.545. The molecule has 1 heterocycles. The van der Waals surface area contributed by atoms with Crippen LogP contribution in [-0.4, -0.2) is 37.0 Å². The molecule has 1 atom stereocenters. The number of likely N-dealkylation sites (N-methyl/N-ethyl adjacent to an activating group) is 1. The number of fused-ring (bicyclic) bond motifs is 1. The molecule has 19 heavy (non-hydrogen) atoms. The van der Waals surface area contributed by atoms with E-state index in [0.29, 0.717) is 11.9 Å². The van der Waals surface area contributed by atoms with Gasteiger partial charge in [0.1, 0.15) is 0 Å². The summed E-state index contributed by atoms with van der Waals surface area (Å²) in [7, 11) is 1.96. The maximum absolute atomic E-state index is 12.7. The van der Waals surface area contributed by atoms with Gasteiger partial charge < -0.3 is 10.2 Å². The summed E-state index contributed by atoms with van der Waals surface area (Å²) in [6, 6.07) is 8.88. The Balaban J connectivity index is 1.69. The van der Waals surface area contributed by atoms with Crippen molar-refractivity contribution < 1.29 is 4.79 Å². The predicted octanol–water partition coefficient (Wildman–Crippen LogP) is 1.61. The predicted molar refractivity (Wildman–Crippen MR) is 76.0 cm³/mol. The average molecular weight is 258 g/mol. The molecular weight excluding hydrogens is 236 g/mol. The number of carbonyl (C=O) groups is 1. The minimum atomic E-state index is 0.176. The Bertz CT molecular complexity index is 447. The molecule has 1 aliphatic heterocycles. The molecule has 3 heteroatoms. The van der Waals surface area contributed by atoms with Crippen molar-refractivity contribution >= 4 is 5.91 Å². The maximum atomic E-state index is 12.7. The standard InChI is InChI=1S/C16H22N2O/c1-17-11-15-7-4-8-18(15)16(19)14-9-12-5-2-3-6-13(12)10-14/h2-3,5-6,14-15,17H,4,7-11H2,1H3. The summed E-state index contributed by atoms with van der Waals surface area (Å²) in [4.78, 5) is 14.8. The molecule has 3 nitrogen and oxygen atoms in total. The van der Waals surface area contributed by atoms with Gasteiger partial charge in [0.2, 0.25) is 5.91 Å². The zero-order valence-electron chi connectivity index (χ0n) is 11.6. The third-order valence-corrected chi connectivity index (χ3v) is 4.50. The maximum Gasteiger partial charge on any atom is 0.226 e. The number of amides is 1.